The molecule has 2 aliphatic rings. The Labute approximate surface area is 147 Å². The molecular formula is C20H21ClN2O. The maximum Gasteiger partial charge on any atom is 0.228 e. The van der Waals surface area contributed by atoms with Crippen LogP contribution in [0.2, 0.25) is 5.02 Å². The van der Waals surface area contributed by atoms with E-state index in [1.165, 1.54) is 12.8 Å². The van der Waals surface area contributed by atoms with Crippen LogP contribution in [-0.4, -0.2) is 19.0 Å². The van der Waals surface area contributed by atoms with Gasteiger partial charge < -0.3 is 10.2 Å². The molecule has 1 amide bonds. The lowest BCUT2D eigenvalue weighted by Crippen LogP contribution is -2.21. The monoisotopic (exact) mass is 340 g/mol. The number of carbonyl (C=O) groups is 1. The Morgan fingerprint density at radius 2 is 1.88 bits per heavy atom. The van der Waals surface area contributed by atoms with Gasteiger partial charge in [0.05, 0.1) is 11.4 Å². The fourth-order valence-corrected chi connectivity index (χ4v) is 3.83. The highest BCUT2D eigenvalue weighted by Crippen LogP contribution is 2.48. The number of para-hydroxylation sites is 2. The maximum atomic E-state index is 12.6. The molecule has 3 nitrogen and oxygen atoms in total. The summed E-state index contributed by atoms with van der Waals surface area (Å²) in [5, 5.41) is 3.88. The molecule has 1 saturated carbocycles. The zero-order valence-corrected chi connectivity index (χ0v) is 14.3. The van der Waals surface area contributed by atoms with Gasteiger partial charge in [-0.25, -0.2) is 0 Å². The molecule has 0 spiro atoms. The van der Waals surface area contributed by atoms with Crippen LogP contribution in [0.25, 0.3) is 0 Å². The second kappa shape index (κ2) is 6.48. The van der Waals surface area contributed by atoms with Crippen molar-refractivity contribution in [2.24, 2.45) is 5.92 Å². The van der Waals surface area contributed by atoms with Crippen LogP contribution >= 0.6 is 11.6 Å². The second-order valence-electron chi connectivity index (χ2n) is 6.70. The Bertz CT molecular complexity index is 755. The van der Waals surface area contributed by atoms with Crippen molar-refractivity contribution in [1.82, 2.24) is 0 Å². The molecule has 1 saturated heterocycles. The first kappa shape index (κ1) is 15.5. The molecule has 2 aromatic rings. The van der Waals surface area contributed by atoms with E-state index in [9.17, 15) is 4.79 Å². The molecule has 4 rings (SSSR count). The van der Waals surface area contributed by atoms with E-state index < -0.39 is 0 Å². The number of benzene rings is 2. The van der Waals surface area contributed by atoms with Gasteiger partial charge >= 0.3 is 0 Å². The molecule has 2 aromatic carbocycles. The van der Waals surface area contributed by atoms with Crippen molar-refractivity contribution in [3.05, 3.63) is 59.1 Å². The average molecular weight is 341 g/mol. The first-order chi connectivity index (χ1) is 11.7. The van der Waals surface area contributed by atoms with Crippen LogP contribution < -0.4 is 10.2 Å². The van der Waals surface area contributed by atoms with Crippen LogP contribution in [0.1, 0.15) is 30.7 Å². The van der Waals surface area contributed by atoms with Crippen LogP contribution in [-0.2, 0) is 4.79 Å². The Balaban J connectivity index is 1.46. The normalized spacial score (nSPS) is 22.5. The molecule has 24 heavy (non-hydrogen) atoms. The predicted molar refractivity (Wildman–Crippen MR) is 98.8 cm³/mol. The molecule has 1 aliphatic heterocycles. The Morgan fingerprint density at radius 3 is 2.67 bits per heavy atom. The van der Waals surface area contributed by atoms with E-state index in [2.05, 4.69) is 22.3 Å². The average Bonchev–Trinajstić information content (AvgIpc) is 3.22. The van der Waals surface area contributed by atoms with Gasteiger partial charge in [0.25, 0.3) is 0 Å². The predicted octanol–water partition coefficient (Wildman–Crippen LogP) is 4.68. The number of hydrogen-bond acceptors (Lipinski definition) is 2. The minimum absolute atomic E-state index is 0.0510. The molecule has 0 unspecified atom stereocenters. The summed E-state index contributed by atoms with van der Waals surface area (Å²) in [6.07, 6.45) is 3.35. The van der Waals surface area contributed by atoms with Gasteiger partial charge in [-0.2, -0.15) is 0 Å². The fourth-order valence-electron chi connectivity index (χ4n) is 3.63. The lowest BCUT2D eigenvalue weighted by molar-refractivity contribution is -0.117. The highest BCUT2D eigenvalue weighted by molar-refractivity contribution is 6.30. The molecule has 1 N–H and O–H groups in total. The van der Waals surface area contributed by atoms with E-state index in [4.69, 9.17) is 11.6 Å². The molecule has 0 radical (unpaired) electrons. The number of carbonyl (C=O) groups excluding carboxylic acids is 1. The molecule has 1 heterocycles. The number of nitrogens with one attached hydrogen (secondary N) is 1. The van der Waals surface area contributed by atoms with E-state index in [1.54, 1.807) is 0 Å². The smallest absolute Gasteiger partial charge is 0.228 e. The zero-order valence-electron chi connectivity index (χ0n) is 13.5. The molecule has 2 atom stereocenters. The van der Waals surface area contributed by atoms with Crippen molar-refractivity contribution in [3.8, 4) is 0 Å². The number of rotatable bonds is 4. The summed E-state index contributed by atoms with van der Waals surface area (Å²) in [5.74, 6) is 0.462. The van der Waals surface area contributed by atoms with Gasteiger partial charge in [0.15, 0.2) is 0 Å². The SMILES string of the molecule is O=C(Nc1ccccc1N1CCCC1)[C@@H]1C[C@@H]1c1cccc(Cl)c1. The molecule has 4 heteroatoms. The summed E-state index contributed by atoms with van der Waals surface area (Å²) in [4.78, 5) is 15.0. The molecule has 0 aromatic heterocycles. The Morgan fingerprint density at radius 1 is 1.08 bits per heavy atom. The van der Waals surface area contributed by atoms with Gasteiger partial charge in [0.2, 0.25) is 5.91 Å². The molecule has 0 bridgehead atoms. The minimum Gasteiger partial charge on any atom is -0.370 e. The lowest BCUT2D eigenvalue weighted by Gasteiger charge is -2.21. The van der Waals surface area contributed by atoms with Crippen molar-refractivity contribution < 1.29 is 4.79 Å². The van der Waals surface area contributed by atoms with E-state index in [0.29, 0.717) is 5.92 Å². The van der Waals surface area contributed by atoms with Crippen LogP contribution in [0.4, 0.5) is 11.4 Å². The van der Waals surface area contributed by atoms with E-state index >= 15 is 0 Å². The van der Waals surface area contributed by atoms with Crippen molar-refractivity contribution in [3.63, 3.8) is 0 Å². The topological polar surface area (TPSA) is 32.3 Å². The third-order valence-corrected chi connectivity index (χ3v) is 5.25. The highest BCUT2D eigenvalue weighted by Gasteiger charge is 2.44. The van der Waals surface area contributed by atoms with Crippen molar-refractivity contribution >= 4 is 28.9 Å². The Hall–Kier alpha value is -2.00. The lowest BCUT2D eigenvalue weighted by atomic mass is 10.1. The van der Waals surface area contributed by atoms with Crippen molar-refractivity contribution in [2.45, 2.75) is 25.2 Å². The highest BCUT2D eigenvalue weighted by atomic mass is 35.5. The van der Waals surface area contributed by atoms with E-state index in [-0.39, 0.29) is 11.8 Å². The molecule has 124 valence electrons. The summed E-state index contributed by atoms with van der Waals surface area (Å²) < 4.78 is 0. The minimum atomic E-state index is 0.0510. The first-order valence-corrected chi connectivity index (χ1v) is 9.00. The number of nitrogens with zero attached hydrogens (tertiary/aromatic N) is 1. The molecular weight excluding hydrogens is 320 g/mol. The van der Waals surface area contributed by atoms with Crippen LogP contribution in [0.5, 0.6) is 0 Å². The summed E-state index contributed by atoms with van der Waals surface area (Å²) in [6, 6.07) is 16.0. The van der Waals surface area contributed by atoms with Crippen LogP contribution in [0, 0.1) is 5.92 Å². The fraction of sp³-hybridized carbons (Fsp3) is 0.350. The van der Waals surface area contributed by atoms with Crippen molar-refractivity contribution in [1.29, 1.82) is 0 Å². The number of halogens is 1. The third-order valence-electron chi connectivity index (χ3n) is 5.01. The molecule has 2 fully saturated rings. The van der Waals surface area contributed by atoms with Gasteiger partial charge in [0, 0.05) is 24.0 Å². The van der Waals surface area contributed by atoms with Crippen molar-refractivity contribution in [2.75, 3.05) is 23.3 Å². The first-order valence-electron chi connectivity index (χ1n) is 8.63. The van der Waals surface area contributed by atoms with Gasteiger partial charge in [-0.05, 0) is 55.0 Å². The summed E-state index contributed by atoms with van der Waals surface area (Å²) >= 11 is 6.06. The number of hydrogen-bond donors (Lipinski definition) is 1. The maximum absolute atomic E-state index is 12.6. The van der Waals surface area contributed by atoms with Crippen LogP contribution in [0.3, 0.4) is 0 Å². The molecule has 1 aliphatic carbocycles. The van der Waals surface area contributed by atoms with E-state index in [1.807, 2.05) is 36.4 Å². The summed E-state index contributed by atoms with van der Waals surface area (Å²) in [7, 11) is 0. The zero-order chi connectivity index (χ0) is 16.5. The van der Waals surface area contributed by atoms with Gasteiger partial charge in [-0.3, -0.25) is 4.79 Å². The van der Waals surface area contributed by atoms with Crippen LogP contribution in [0.15, 0.2) is 48.5 Å². The van der Waals surface area contributed by atoms with Gasteiger partial charge in [-0.15, -0.1) is 0 Å². The summed E-state index contributed by atoms with van der Waals surface area (Å²) in [5.41, 5.74) is 3.24. The van der Waals surface area contributed by atoms with Gasteiger partial charge in [0.1, 0.15) is 0 Å². The number of anilines is 2. The third kappa shape index (κ3) is 3.13. The van der Waals surface area contributed by atoms with Gasteiger partial charge in [-0.1, -0.05) is 35.9 Å². The number of amides is 1. The standard InChI is InChI=1S/C20H21ClN2O/c21-15-7-5-6-14(12-15)16-13-17(16)20(24)22-18-8-1-2-9-19(18)23-10-3-4-11-23/h1-2,5-9,12,16-17H,3-4,10-11,13H2,(H,22,24)/t16-,17-/m1/s1. The quantitative estimate of drug-likeness (QED) is 0.876. The second-order valence-corrected chi connectivity index (χ2v) is 7.14. The largest absolute Gasteiger partial charge is 0.370 e. The Kier molecular flexibility index (Phi) is 4.19. The van der Waals surface area contributed by atoms with E-state index in [0.717, 1.165) is 41.5 Å². The summed E-state index contributed by atoms with van der Waals surface area (Å²) in [6.45, 7) is 2.14.